The van der Waals surface area contributed by atoms with Crippen molar-refractivity contribution in [3.8, 4) is 0 Å². The van der Waals surface area contributed by atoms with Gasteiger partial charge in [0, 0.05) is 10.5 Å². The minimum Gasteiger partial charge on any atom is -0.481 e. The number of carboxylic acids is 1. The highest BCUT2D eigenvalue weighted by Crippen LogP contribution is 2.19. The van der Waals surface area contributed by atoms with E-state index < -0.39 is 11.9 Å². The molecule has 0 saturated carbocycles. The van der Waals surface area contributed by atoms with Crippen LogP contribution in [0.4, 0.5) is 0 Å². The van der Waals surface area contributed by atoms with Crippen molar-refractivity contribution >= 4 is 23.5 Å². The highest BCUT2D eigenvalue weighted by Gasteiger charge is 2.21. The Balaban J connectivity index is 2.81. The van der Waals surface area contributed by atoms with Crippen molar-refractivity contribution in [2.75, 3.05) is 5.75 Å². The fraction of sp³-hybridized carbons (Fsp3) is 0.333. The summed E-state index contributed by atoms with van der Waals surface area (Å²) in [6.07, 6.45) is 0. The van der Waals surface area contributed by atoms with Gasteiger partial charge < -0.3 is 5.11 Å². The molecule has 1 atom stereocenters. The molecule has 1 aromatic rings. The predicted octanol–water partition coefficient (Wildman–Crippen LogP) is 2.70. The summed E-state index contributed by atoms with van der Waals surface area (Å²) in [5, 5.41) is 8.73. The summed E-state index contributed by atoms with van der Waals surface area (Å²) in [6, 6.07) is 7.05. The standard InChI is InChI=1S/C12H14O3S/c1-3-16-10-6-4-9(5-7-10)11(13)8(2)12(14)15/h4-8H,3H2,1-2H3,(H,14,15). The molecule has 0 amide bonds. The van der Waals surface area contributed by atoms with Gasteiger partial charge in [0.1, 0.15) is 5.92 Å². The van der Waals surface area contributed by atoms with E-state index in [1.165, 1.54) is 6.92 Å². The minimum atomic E-state index is -1.09. The van der Waals surface area contributed by atoms with E-state index in [4.69, 9.17) is 5.11 Å². The van der Waals surface area contributed by atoms with Gasteiger partial charge >= 0.3 is 5.97 Å². The Morgan fingerprint density at radius 3 is 2.31 bits per heavy atom. The van der Waals surface area contributed by atoms with Gasteiger partial charge in [-0.3, -0.25) is 9.59 Å². The fourth-order valence-electron chi connectivity index (χ4n) is 1.24. The molecule has 0 saturated heterocycles. The Hall–Kier alpha value is -1.29. The van der Waals surface area contributed by atoms with Crippen LogP contribution in [0.5, 0.6) is 0 Å². The van der Waals surface area contributed by atoms with Crippen LogP contribution in [0.25, 0.3) is 0 Å². The lowest BCUT2D eigenvalue weighted by molar-refractivity contribution is -0.139. The molecule has 1 aromatic carbocycles. The van der Waals surface area contributed by atoms with Crippen LogP contribution in [-0.4, -0.2) is 22.6 Å². The van der Waals surface area contributed by atoms with Crippen LogP contribution in [0.2, 0.25) is 0 Å². The smallest absolute Gasteiger partial charge is 0.314 e. The van der Waals surface area contributed by atoms with Crippen molar-refractivity contribution in [3.63, 3.8) is 0 Å². The number of benzene rings is 1. The first kappa shape index (κ1) is 12.8. The third kappa shape index (κ3) is 3.10. The predicted molar refractivity (Wildman–Crippen MR) is 64.0 cm³/mol. The molecule has 0 aliphatic rings. The van der Waals surface area contributed by atoms with Gasteiger partial charge in [0.25, 0.3) is 0 Å². The summed E-state index contributed by atoms with van der Waals surface area (Å²) < 4.78 is 0. The van der Waals surface area contributed by atoms with Crippen molar-refractivity contribution in [2.24, 2.45) is 5.92 Å². The summed E-state index contributed by atoms with van der Waals surface area (Å²) in [4.78, 5) is 23.4. The zero-order valence-corrected chi connectivity index (χ0v) is 10.1. The van der Waals surface area contributed by atoms with Crippen LogP contribution in [-0.2, 0) is 4.79 Å². The van der Waals surface area contributed by atoms with E-state index in [0.29, 0.717) is 5.56 Å². The molecule has 86 valence electrons. The topological polar surface area (TPSA) is 54.4 Å². The molecule has 0 aromatic heterocycles. The van der Waals surface area contributed by atoms with Gasteiger partial charge in [-0.15, -0.1) is 11.8 Å². The second kappa shape index (κ2) is 5.70. The summed E-state index contributed by atoms with van der Waals surface area (Å²) in [5.41, 5.74) is 0.454. The number of Topliss-reactive ketones (excluding diaryl/α,β-unsaturated/α-hetero) is 1. The van der Waals surface area contributed by atoms with Crippen LogP contribution in [0, 0.1) is 5.92 Å². The number of carbonyl (C=O) groups excluding carboxylic acids is 1. The molecule has 0 aliphatic carbocycles. The highest BCUT2D eigenvalue weighted by atomic mass is 32.2. The lowest BCUT2D eigenvalue weighted by Gasteiger charge is -2.06. The molecule has 0 radical (unpaired) electrons. The van der Waals surface area contributed by atoms with E-state index in [2.05, 4.69) is 6.92 Å². The zero-order valence-electron chi connectivity index (χ0n) is 9.27. The van der Waals surface area contributed by atoms with Gasteiger partial charge in [-0.2, -0.15) is 0 Å². The summed E-state index contributed by atoms with van der Waals surface area (Å²) in [5.74, 6) is -1.44. The van der Waals surface area contributed by atoms with Crippen LogP contribution in [0.15, 0.2) is 29.2 Å². The first-order valence-corrected chi connectivity index (χ1v) is 6.04. The quantitative estimate of drug-likeness (QED) is 0.487. The molecule has 3 nitrogen and oxygen atoms in total. The molecule has 1 rings (SSSR count). The molecule has 0 aliphatic heterocycles. The van der Waals surface area contributed by atoms with Crippen LogP contribution >= 0.6 is 11.8 Å². The van der Waals surface area contributed by atoms with E-state index in [-0.39, 0.29) is 5.78 Å². The summed E-state index contributed by atoms with van der Waals surface area (Å²) >= 11 is 1.68. The van der Waals surface area contributed by atoms with Gasteiger partial charge in [-0.1, -0.05) is 19.1 Å². The molecule has 0 spiro atoms. The number of ketones is 1. The first-order chi connectivity index (χ1) is 7.56. The molecule has 4 heteroatoms. The lowest BCUT2D eigenvalue weighted by atomic mass is 10.00. The van der Waals surface area contributed by atoms with Crippen molar-refractivity contribution in [3.05, 3.63) is 29.8 Å². The van der Waals surface area contributed by atoms with E-state index in [9.17, 15) is 9.59 Å². The molecule has 0 heterocycles. The van der Waals surface area contributed by atoms with Crippen molar-refractivity contribution in [1.29, 1.82) is 0 Å². The Kier molecular flexibility index (Phi) is 4.55. The maximum Gasteiger partial charge on any atom is 0.314 e. The van der Waals surface area contributed by atoms with Gasteiger partial charge in [0.05, 0.1) is 0 Å². The maximum atomic E-state index is 11.7. The van der Waals surface area contributed by atoms with Crippen LogP contribution in [0.3, 0.4) is 0 Å². The third-order valence-corrected chi connectivity index (χ3v) is 3.11. The van der Waals surface area contributed by atoms with Crippen LogP contribution in [0.1, 0.15) is 24.2 Å². The SMILES string of the molecule is CCSc1ccc(C(=O)C(C)C(=O)O)cc1. The van der Waals surface area contributed by atoms with Gasteiger partial charge in [0.2, 0.25) is 0 Å². The summed E-state index contributed by atoms with van der Waals surface area (Å²) in [6.45, 7) is 3.45. The number of hydrogen-bond acceptors (Lipinski definition) is 3. The van der Waals surface area contributed by atoms with E-state index in [1.807, 2.05) is 12.1 Å². The van der Waals surface area contributed by atoms with E-state index in [1.54, 1.807) is 23.9 Å². The second-order valence-electron chi connectivity index (χ2n) is 3.38. The molecule has 0 bridgehead atoms. The second-order valence-corrected chi connectivity index (χ2v) is 4.72. The maximum absolute atomic E-state index is 11.7. The Morgan fingerprint density at radius 2 is 1.88 bits per heavy atom. The monoisotopic (exact) mass is 238 g/mol. The number of hydrogen-bond donors (Lipinski definition) is 1. The lowest BCUT2D eigenvalue weighted by Crippen LogP contribution is -2.20. The largest absolute Gasteiger partial charge is 0.481 e. The molecule has 0 fully saturated rings. The third-order valence-electron chi connectivity index (χ3n) is 2.21. The molecular formula is C12H14O3S. The first-order valence-electron chi connectivity index (χ1n) is 5.06. The number of carbonyl (C=O) groups is 2. The summed E-state index contributed by atoms with van der Waals surface area (Å²) in [7, 11) is 0. The highest BCUT2D eigenvalue weighted by molar-refractivity contribution is 7.99. The molecule has 1 N–H and O–H groups in total. The number of carboxylic acid groups (broad SMARTS) is 1. The fourth-order valence-corrected chi connectivity index (χ4v) is 1.91. The van der Waals surface area contributed by atoms with Crippen LogP contribution < -0.4 is 0 Å². The van der Waals surface area contributed by atoms with Crippen molar-refractivity contribution in [1.82, 2.24) is 0 Å². The number of aliphatic carboxylic acids is 1. The normalized spacial score (nSPS) is 12.1. The molecule has 1 unspecified atom stereocenters. The Bertz CT molecular complexity index is 384. The number of thioether (sulfide) groups is 1. The average molecular weight is 238 g/mol. The van der Waals surface area contributed by atoms with E-state index >= 15 is 0 Å². The average Bonchev–Trinajstić information content (AvgIpc) is 2.28. The van der Waals surface area contributed by atoms with Gasteiger partial charge in [-0.05, 0) is 24.8 Å². The van der Waals surface area contributed by atoms with Gasteiger partial charge in [-0.25, -0.2) is 0 Å². The molecular weight excluding hydrogens is 224 g/mol. The minimum absolute atomic E-state index is 0.347. The zero-order chi connectivity index (χ0) is 12.1. The van der Waals surface area contributed by atoms with Gasteiger partial charge in [0.15, 0.2) is 5.78 Å². The molecule has 16 heavy (non-hydrogen) atoms. The number of rotatable bonds is 5. The Morgan fingerprint density at radius 1 is 1.31 bits per heavy atom. The van der Waals surface area contributed by atoms with Crippen molar-refractivity contribution in [2.45, 2.75) is 18.7 Å². The van der Waals surface area contributed by atoms with Crippen molar-refractivity contribution < 1.29 is 14.7 Å². The Labute approximate surface area is 98.9 Å². The van der Waals surface area contributed by atoms with E-state index in [0.717, 1.165) is 10.6 Å².